The van der Waals surface area contributed by atoms with Crippen LogP contribution in [0.15, 0.2) is 35.7 Å². The second-order valence-corrected chi connectivity index (χ2v) is 5.86. The fraction of sp³-hybridized carbons (Fsp3) is 0.389. The molecular weight excluding hydrogens is 305 g/mol. The number of hydrogen-bond donors (Lipinski definition) is 1. The van der Waals surface area contributed by atoms with E-state index in [0.717, 1.165) is 23.5 Å². The SMILES string of the molecule is CCN(C)/C=N/c1cc(F)cc(NC(C)Cc2cnccn2)c1C. The molecule has 1 unspecified atom stereocenters. The van der Waals surface area contributed by atoms with Crippen molar-refractivity contribution in [3.63, 3.8) is 0 Å². The molecule has 0 spiro atoms. The Hall–Kier alpha value is -2.50. The minimum absolute atomic E-state index is 0.0948. The van der Waals surface area contributed by atoms with Crippen molar-refractivity contribution in [3.05, 3.63) is 47.8 Å². The maximum absolute atomic E-state index is 13.9. The van der Waals surface area contributed by atoms with Crippen molar-refractivity contribution in [1.82, 2.24) is 14.9 Å². The number of aromatic nitrogens is 2. The van der Waals surface area contributed by atoms with Gasteiger partial charge in [0.25, 0.3) is 0 Å². The molecule has 0 saturated carbocycles. The number of nitrogens with zero attached hydrogens (tertiary/aromatic N) is 4. The molecule has 0 aliphatic rings. The summed E-state index contributed by atoms with van der Waals surface area (Å²) in [4.78, 5) is 14.7. The molecule has 1 aromatic carbocycles. The molecule has 0 aliphatic heterocycles. The van der Waals surface area contributed by atoms with Crippen LogP contribution < -0.4 is 5.32 Å². The molecule has 0 radical (unpaired) electrons. The Labute approximate surface area is 142 Å². The number of hydrogen-bond acceptors (Lipinski definition) is 4. The highest BCUT2D eigenvalue weighted by Crippen LogP contribution is 2.28. The van der Waals surface area contributed by atoms with Crippen LogP contribution in [0.4, 0.5) is 15.8 Å². The lowest BCUT2D eigenvalue weighted by Crippen LogP contribution is -2.19. The fourth-order valence-corrected chi connectivity index (χ4v) is 2.26. The first-order chi connectivity index (χ1) is 11.5. The predicted molar refractivity (Wildman–Crippen MR) is 96.4 cm³/mol. The van der Waals surface area contributed by atoms with Crippen LogP contribution in [0.2, 0.25) is 0 Å². The molecule has 2 rings (SSSR count). The van der Waals surface area contributed by atoms with Crippen LogP contribution in [-0.4, -0.2) is 40.8 Å². The van der Waals surface area contributed by atoms with Crippen LogP contribution in [0.5, 0.6) is 0 Å². The average Bonchev–Trinajstić information content (AvgIpc) is 2.57. The van der Waals surface area contributed by atoms with Crippen molar-refractivity contribution in [3.8, 4) is 0 Å². The number of halogens is 1. The van der Waals surface area contributed by atoms with Crippen LogP contribution in [0.25, 0.3) is 0 Å². The molecule has 0 bridgehead atoms. The van der Waals surface area contributed by atoms with Gasteiger partial charge in [-0.2, -0.15) is 0 Å². The van der Waals surface area contributed by atoms with E-state index in [1.165, 1.54) is 12.1 Å². The Balaban J connectivity index is 2.15. The highest BCUT2D eigenvalue weighted by Gasteiger charge is 2.11. The maximum atomic E-state index is 13.9. The van der Waals surface area contributed by atoms with E-state index in [2.05, 4.69) is 20.3 Å². The van der Waals surface area contributed by atoms with Crippen molar-refractivity contribution >= 4 is 17.7 Å². The summed E-state index contributed by atoms with van der Waals surface area (Å²) in [6.45, 7) is 6.85. The summed E-state index contributed by atoms with van der Waals surface area (Å²) in [5.41, 5.74) is 3.19. The van der Waals surface area contributed by atoms with Gasteiger partial charge in [-0.1, -0.05) is 0 Å². The van der Waals surface area contributed by atoms with Crippen molar-refractivity contribution in [2.24, 2.45) is 4.99 Å². The highest BCUT2D eigenvalue weighted by atomic mass is 19.1. The Kier molecular flexibility index (Phi) is 6.23. The van der Waals surface area contributed by atoms with Gasteiger partial charge in [-0.25, -0.2) is 9.38 Å². The average molecular weight is 329 g/mol. The quantitative estimate of drug-likeness (QED) is 0.623. The topological polar surface area (TPSA) is 53.4 Å². The summed E-state index contributed by atoms with van der Waals surface area (Å²) in [5, 5.41) is 3.35. The third kappa shape index (κ3) is 5.01. The molecule has 1 heterocycles. The number of anilines is 1. The first-order valence-corrected chi connectivity index (χ1v) is 8.05. The smallest absolute Gasteiger partial charge is 0.127 e. The Morgan fingerprint density at radius 1 is 1.38 bits per heavy atom. The summed E-state index contributed by atoms with van der Waals surface area (Å²) in [6.07, 6.45) is 7.49. The van der Waals surface area contributed by atoms with Gasteiger partial charge in [-0.3, -0.25) is 9.97 Å². The van der Waals surface area contributed by atoms with Gasteiger partial charge >= 0.3 is 0 Å². The van der Waals surface area contributed by atoms with Crippen LogP contribution in [0.3, 0.4) is 0 Å². The lowest BCUT2D eigenvalue weighted by Gasteiger charge is -2.18. The van der Waals surface area contributed by atoms with Gasteiger partial charge < -0.3 is 10.2 Å². The van der Waals surface area contributed by atoms with E-state index < -0.39 is 0 Å². The number of aliphatic imine (C=N–C) groups is 1. The van der Waals surface area contributed by atoms with E-state index in [1.807, 2.05) is 32.7 Å². The zero-order valence-electron chi connectivity index (χ0n) is 14.6. The molecule has 24 heavy (non-hydrogen) atoms. The summed E-state index contributed by atoms with van der Waals surface area (Å²) >= 11 is 0. The Bertz CT molecular complexity index is 687. The molecule has 6 heteroatoms. The third-order valence-corrected chi connectivity index (χ3v) is 3.77. The minimum Gasteiger partial charge on any atom is -0.382 e. The number of rotatable bonds is 7. The van der Waals surface area contributed by atoms with Gasteiger partial charge in [0.1, 0.15) is 5.82 Å². The monoisotopic (exact) mass is 329 g/mol. The summed E-state index contributed by atoms with van der Waals surface area (Å²) < 4.78 is 13.9. The first-order valence-electron chi connectivity index (χ1n) is 8.05. The van der Waals surface area contributed by atoms with E-state index in [4.69, 9.17) is 0 Å². The molecule has 1 atom stereocenters. The predicted octanol–water partition coefficient (Wildman–Crippen LogP) is 3.58. The lowest BCUT2D eigenvalue weighted by molar-refractivity contribution is 0.552. The molecule has 1 aromatic heterocycles. The number of nitrogens with one attached hydrogen (secondary N) is 1. The summed E-state index contributed by atoms with van der Waals surface area (Å²) in [5.74, 6) is -0.305. The molecule has 0 fully saturated rings. The molecule has 128 valence electrons. The van der Waals surface area contributed by atoms with Gasteiger partial charge in [0.15, 0.2) is 0 Å². The largest absolute Gasteiger partial charge is 0.382 e. The molecule has 5 nitrogen and oxygen atoms in total. The second kappa shape index (κ2) is 8.38. The normalized spacial score (nSPS) is 12.4. The van der Waals surface area contributed by atoms with E-state index in [0.29, 0.717) is 12.1 Å². The summed E-state index contributed by atoms with van der Waals surface area (Å²) in [7, 11) is 1.93. The highest BCUT2D eigenvalue weighted by molar-refractivity contribution is 5.68. The van der Waals surface area contributed by atoms with E-state index in [1.54, 1.807) is 24.9 Å². The van der Waals surface area contributed by atoms with Crippen LogP contribution in [0.1, 0.15) is 25.1 Å². The van der Waals surface area contributed by atoms with Crippen molar-refractivity contribution in [2.45, 2.75) is 33.2 Å². The second-order valence-electron chi connectivity index (χ2n) is 5.86. The van der Waals surface area contributed by atoms with Crippen molar-refractivity contribution in [2.75, 3.05) is 18.9 Å². The molecule has 0 amide bonds. The van der Waals surface area contributed by atoms with Gasteiger partial charge in [0, 0.05) is 50.3 Å². The fourth-order valence-electron chi connectivity index (χ4n) is 2.26. The molecule has 0 saturated heterocycles. The Morgan fingerprint density at radius 2 is 2.17 bits per heavy atom. The lowest BCUT2D eigenvalue weighted by atomic mass is 10.1. The molecular formula is C18H24FN5. The maximum Gasteiger partial charge on any atom is 0.127 e. The van der Waals surface area contributed by atoms with Crippen molar-refractivity contribution in [1.29, 1.82) is 0 Å². The van der Waals surface area contributed by atoms with Crippen LogP contribution in [0, 0.1) is 12.7 Å². The standard InChI is InChI=1S/C18H24FN5/c1-5-24(4)12-22-17-9-15(19)10-18(14(17)3)23-13(2)8-16-11-20-6-7-21-16/h6-7,9-13,23H,5,8H2,1-4H3/b22-12+. The minimum atomic E-state index is -0.305. The van der Waals surface area contributed by atoms with E-state index >= 15 is 0 Å². The first kappa shape index (κ1) is 17.8. The van der Waals surface area contributed by atoms with Gasteiger partial charge in [-0.15, -0.1) is 0 Å². The third-order valence-electron chi connectivity index (χ3n) is 3.77. The molecule has 1 N–H and O–H groups in total. The van der Waals surface area contributed by atoms with E-state index in [-0.39, 0.29) is 11.9 Å². The van der Waals surface area contributed by atoms with Crippen molar-refractivity contribution < 1.29 is 4.39 Å². The van der Waals surface area contributed by atoms with Gasteiger partial charge in [0.2, 0.25) is 0 Å². The molecule has 2 aromatic rings. The number of benzene rings is 1. The van der Waals surface area contributed by atoms with Crippen LogP contribution >= 0.6 is 0 Å². The molecule has 0 aliphatic carbocycles. The Morgan fingerprint density at radius 3 is 2.83 bits per heavy atom. The summed E-state index contributed by atoms with van der Waals surface area (Å²) in [6, 6.07) is 3.05. The zero-order valence-corrected chi connectivity index (χ0v) is 14.6. The van der Waals surface area contributed by atoms with E-state index in [9.17, 15) is 4.39 Å². The van der Waals surface area contributed by atoms with Crippen LogP contribution in [-0.2, 0) is 6.42 Å². The van der Waals surface area contributed by atoms with Gasteiger partial charge in [-0.05, 0) is 38.5 Å². The van der Waals surface area contributed by atoms with Gasteiger partial charge in [0.05, 0.1) is 17.7 Å². The zero-order chi connectivity index (χ0) is 17.5.